The second-order valence-corrected chi connectivity index (χ2v) is 8.32. The SMILES string of the molecule is CN=C(NCCCc1nnc2n1CCCCC2)N1CCN(Cc2ccccc2)CC1. The Bertz CT molecular complexity index is 806. The average molecular weight is 410 g/mol. The lowest BCUT2D eigenvalue weighted by Crippen LogP contribution is -2.52. The number of nitrogens with zero attached hydrogens (tertiary/aromatic N) is 6. The summed E-state index contributed by atoms with van der Waals surface area (Å²) in [4.78, 5) is 9.42. The number of hydrogen-bond acceptors (Lipinski definition) is 4. The Balaban J connectivity index is 1.19. The summed E-state index contributed by atoms with van der Waals surface area (Å²) < 4.78 is 2.35. The maximum absolute atomic E-state index is 4.52. The van der Waals surface area contributed by atoms with Crippen LogP contribution in [0.4, 0.5) is 0 Å². The average Bonchev–Trinajstić information content (AvgIpc) is 3.01. The van der Waals surface area contributed by atoms with E-state index in [1.165, 1.54) is 30.7 Å². The zero-order valence-electron chi connectivity index (χ0n) is 18.3. The minimum atomic E-state index is 0.916. The van der Waals surface area contributed by atoms with Gasteiger partial charge in [0.15, 0.2) is 5.96 Å². The number of benzene rings is 1. The van der Waals surface area contributed by atoms with E-state index in [0.29, 0.717) is 0 Å². The van der Waals surface area contributed by atoms with E-state index in [0.717, 1.165) is 76.9 Å². The molecule has 0 unspecified atom stereocenters. The van der Waals surface area contributed by atoms with Crippen LogP contribution in [0.15, 0.2) is 35.3 Å². The molecular weight excluding hydrogens is 374 g/mol. The van der Waals surface area contributed by atoms with Gasteiger partial charge in [-0.05, 0) is 24.8 Å². The van der Waals surface area contributed by atoms with Gasteiger partial charge in [0.25, 0.3) is 0 Å². The molecule has 1 N–H and O–H groups in total. The third-order valence-corrected chi connectivity index (χ3v) is 6.18. The Hall–Kier alpha value is -2.41. The molecule has 7 nitrogen and oxygen atoms in total. The van der Waals surface area contributed by atoms with Crippen LogP contribution in [0.3, 0.4) is 0 Å². The molecule has 1 aromatic carbocycles. The molecule has 0 spiro atoms. The van der Waals surface area contributed by atoms with Gasteiger partial charge in [0, 0.05) is 65.7 Å². The predicted molar refractivity (Wildman–Crippen MR) is 121 cm³/mol. The molecule has 0 amide bonds. The molecule has 162 valence electrons. The van der Waals surface area contributed by atoms with E-state index >= 15 is 0 Å². The summed E-state index contributed by atoms with van der Waals surface area (Å²) >= 11 is 0. The fourth-order valence-corrected chi connectivity index (χ4v) is 4.47. The summed E-state index contributed by atoms with van der Waals surface area (Å²) in [5, 5.41) is 12.4. The van der Waals surface area contributed by atoms with Crippen LogP contribution in [0.5, 0.6) is 0 Å². The monoisotopic (exact) mass is 409 g/mol. The number of piperazine rings is 1. The molecule has 1 saturated heterocycles. The first-order valence-electron chi connectivity index (χ1n) is 11.5. The fraction of sp³-hybridized carbons (Fsp3) is 0.609. The normalized spacial score (nSPS) is 18.2. The Morgan fingerprint density at radius 1 is 1.00 bits per heavy atom. The molecule has 2 aromatic rings. The molecule has 1 fully saturated rings. The van der Waals surface area contributed by atoms with E-state index in [1.807, 2.05) is 7.05 Å². The first-order chi connectivity index (χ1) is 14.8. The molecule has 2 aliphatic rings. The molecule has 0 atom stereocenters. The summed E-state index contributed by atoms with van der Waals surface area (Å²) in [6, 6.07) is 10.7. The van der Waals surface area contributed by atoms with Crippen molar-refractivity contribution in [1.29, 1.82) is 0 Å². The van der Waals surface area contributed by atoms with Crippen molar-refractivity contribution in [3.8, 4) is 0 Å². The topological polar surface area (TPSA) is 61.6 Å². The lowest BCUT2D eigenvalue weighted by molar-refractivity contribution is 0.172. The number of hydrogen-bond donors (Lipinski definition) is 1. The van der Waals surface area contributed by atoms with Crippen LogP contribution in [0.25, 0.3) is 0 Å². The van der Waals surface area contributed by atoms with Crippen LogP contribution in [0.1, 0.15) is 42.9 Å². The van der Waals surface area contributed by atoms with Crippen molar-refractivity contribution in [3.05, 3.63) is 47.5 Å². The molecule has 0 radical (unpaired) electrons. The van der Waals surface area contributed by atoms with Crippen LogP contribution in [0, 0.1) is 0 Å². The standard InChI is InChI=1S/C23H35N7/c1-24-23(29-17-15-28(16-18-29)19-20-9-4-2-5-10-20)25-13-8-12-22-27-26-21-11-6-3-7-14-30(21)22/h2,4-5,9-10H,3,6-8,11-19H2,1H3,(H,24,25). The second kappa shape index (κ2) is 10.6. The highest BCUT2D eigenvalue weighted by atomic mass is 15.3. The van der Waals surface area contributed by atoms with E-state index < -0.39 is 0 Å². The van der Waals surface area contributed by atoms with Crippen LogP contribution in [-0.2, 0) is 25.9 Å². The summed E-state index contributed by atoms with van der Waals surface area (Å²) in [6.45, 7) is 7.21. The van der Waals surface area contributed by atoms with E-state index in [1.54, 1.807) is 0 Å². The number of aryl methyl sites for hydroxylation is 2. The van der Waals surface area contributed by atoms with Gasteiger partial charge in [-0.1, -0.05) is 36.8 Å². The third kappa shape index (κ3) is 5.39. The summed E-state index contributed by atoms with van der Waals surface area (Å²) in [5.74, 6) is 3.35. The Morgan fingerprint density at radius 2 is 1.83 bits per heavy atom. The van der Waals surface area contributed by atoms with Crippen LogP contribution >= 0.6 is 0 Å². The lowest BCUT2D eigenvalue weighted by Gasteiger charge is -2.36. The number of guanidine groups is 1. The molecule has 2 aliphatic heterocycles. The van der Waals surface area contributed by atoms with Crippen molar-refractivity contribution in [3.63, 3.8) is 0 Å². The van der Waals surface area contributed by atoms with Gasteiger partial charge < -0.3 is 14.8 Å². The number of rotatable bonds is 6. The van der Waals surface area contributed by atoms with Gasteiger partial charge in [-0.15, -0.1) is 10.2 Å². The molecular formula is C23H35N7. The predicted octanol–water partition coefficient (Wildman–Crippen LogP) is 2.33. The minimum absolute atomic E-state index is 0.916. The lowest BCUT2D eigenvalue weighted by atomic mass is 10.2. The van der Waals surface area contributed by atoms with Gasteiger partial charge in [0.05, 0.1) is 0 Å². The van der Waals surface area contributed by atoms with Crippen molar-refractivity contribution in [2.75, 3.05) is 39.8 Å². The highest BCUT2D eigenvalue weighted by molar-refractivity contribution is 5.79. The van der Waals surface area contributed by atoms with Gasteiger partial charge in [0.1, 0.15) is 11.6 Å². The molecule has 7 heteroatoms. The Morgan fingerprint density at radius 3 is 2.63 bits per heavy atom. The van der Waals surface area contributed by atoms with E-state index in [4.69, 9.17) is 0 Å². The third-order valence-electron chi connectivity index (χ3n) is 6.18. The van der Waals surface area contributed by atoms with Crippen molar-refractivity contribution in [2.45, 2.75) is 51.6 Å². The first kappa shape index (κ1) is 20.8. The first-order valence-corrected chi connectivity index (χ1v) is 11.5. The quantitative estimate of drug-likeness (QED) is 0.451. The van der Waals surface area contributed by atoms with Crippen molar-refractivity contribution in [2.24, 2.45) is 4.99 Å². The number of aromatic nitrogens is 3. The Kier molecular flexibility index (Phi) is 7.34. The fourth-order valence-electron chi connectivity index (χ4n) is 4.47. The highest BCUT2D eigenvalue weighted by Gasteiger charge is 2.19. The van der Waals surface area contributed by atoms with Crippen LogP contribution in [-0.4, -0.2) is 70.3 Å². The van der Waals surface area contributed by atoms with E-state index in [9.17, 15) is 0 Å². The zero-order chi connectivity index (χ0) is 20.6. The zero-order valence-corrected chi connectivity index (χ0v) is 18.3. The molecule has 30 heavy (non-hydrogen) atoms. The smallest absolute Gasteiger partial charge is 0.193 e. The van der Waals surface area contributed by atoms with Gasteiger partial charge in [-0.25, -0.2) is 0 Å². The minimum Gasteiger partial charge on any atom is -0.356 e. The maximum atomic E-state index is 4.52. The van der Waals surface area contributed by atoms with Gasteiger partial charge >= 0.3 is 0 Å². The van der Waals surface area contributed by atoms with Gasteiger partial charge in [-0.2, -0.15) is 0 Å². The van der Waals surface area contributed by atoms with E-state index in [2.05, 4.69) is 65.2 Å². The van der Waals surface area contributed by atoms with Crippen LogP contribution < -0.4 is 5.32 Å². The van der Waals surface area contributed by atoms with E-state index in [-0.39, 0.29) is 0 Å². The second-order valence-electron chi connectivity index (χ2n) is 8.32. The maximum Gasteiger partial charge on any atom is 0.193 e. The summed E-state index contributed by atoms with van der Waals surface area (Å²) in [7, 11) is 1.89. The molecule has 1 aromatic heterocycles. The molecule has 4 rings (SSSR count). The molecule has 0 bridgehead atoms. The Labute approximate surface area is 180 Å². The molecule has 0 aliphatic carbocycles. The highest BCUT2D eigenvalue weighted by Crippen LogP contribution is 2.15. The largest absolute Gasteiger partial charge is 0.356 e. The van der Waals surface area contributed by atoms with Crippen LogP contribution in [0.2, 0.25) is 0 Å². The number of nitrogens with one attached hydrogen (secondary N) is 1. The summed E-state index contributed by atoms with van der Waals surface area (Å²) in [5.41, 5.74) is 1.39. The van der Waals surface area contributed by atoms with Gasteiger partial charge in [0.2, 0.25) is 0 Å². The number of fused-ring (bicyclic) bond motifs is 1. The number of aliphatic imine (C=N–C) groups is 1. The van der Waals surface area contributed by atoms with Crippen molar-refractivity contribution >= 4 is 5.96 Å². The van der Waals surface area contributed by atoms with Crippen molar-refractivity contribution in [1.82, 2.24) is 29.9 Å². The van der Waals surface area contributed by atoms with Gasteiger partial charge in [-0.3, -0.25) is 9.89 Å². The molecule has 3 heterocycles. The van der Waals surface area contributed by atoms with Crippen molar-refractivity contribution < 1.29 is 0 Å². The molecule has 0 saturated carbocycles. The summed E-state index contributed by atoms with van der Waals surface area (Å²) in [6.07, 6.45) is 6.90.